The number of hydrogen-bond donors (Lipinski definition) is 1. The molecule has 1 unspecified atom stereocenters. The van der Waals surface area contributed by atoms with Crippen molar-refractivity contribution in [3.63, 3.8) is 0 Å². The van der Waals surface area contributed by atoms with Crippen molar-refractivity contribution in [2.24, 2.45) is 0 Å². The van der Waals surface area contributed by atoms with Crippen LogP contribution in [0.3, 0.4) is 0 Å². The predicted octanol–water partition coefficient (Wildman–Crippen LogP) is 3.44. The molecule has 1 N–H and O–H groups in total. The van der Waals surface area contributed by atoms with E-state index in [0.717, 1.165) is 16.3 Å². The van der Waals surface area contributed by atoms with Crippen molar-refractivity contribution in [1.29, 1.82) is 0 Å². The van der Waals surface area contributed by atoms with Crippen LogP contribution in [0.15, 0.2) is 36.4 Å². The van der Waals surface area contributed by atoms with Crippen molar-refractivity contribution in [3.8, 4) is 5.75 Å². The van der Waals surface area contributed by atoms with E-state index < -0.39 is 0 Å². The van der Waals surface area contributed by atoms with Crippen LogP contribution in [-0.4, -0.2) is 15.7 Å². The molecular weight excluding hydrogens is 280 g/mol. The van der Waals surface area contributed by atoms with Crippen molar-refractivity contribution in [3.05, 3.63) is 42.0 Å². The number of fused-ring (bicyclic) bond motifs is 1. The van der Waals surface area contributed by atoms with E-state index in [1.54, 1.807) is 13.0 Å². The van der Waals surface area contributed by atoms with E-state index in [2.05, 4.69) is 15.9 Å². The summed E-state index contributed by atoms with van der Waals surface area (Å²) in [5, 5.41) is 11.6. The molecule has 0 aromatic heterocycles. The lowest BCUT2D eigenvalue weighted by atomic mass is 9.99. The quantitative estimate of drug-likeness (QED) is 0.880. The minimum Gasteiger partial charge on any atom is -0.507 e. The monoisotopic (exact) mass is 292 g/mol. The first-order valence-electron chi connectivity index (χ1n) is 5.43. The van der Waals surface area contributed by atoms with Crippen LogP contribution >= 0.6 is 15.9 Å². The second kappa shape index (κ2) is 4.88. The number of carbonyl (C=O) groups is 1. The summed E-state index contributed by atoms with van der Waals surface area (Å²) in [6.07, 6.45) is 0.635. The number of benzene rings is 2. The highest BCUT2D eigenvalue weighted by molar-refractivity contribution is 9.10. The Labute approximate surface area is 108 Å². The third-order valence-electron chi connectivity index (χ3n) is 2.83. The lowest BCUT2D eigenvalue weighted by Crippen LogP contribution is -2.12. The van der Waals surface area contributed by atoms with E-state index in [9.17, 15) is 9.90 Å². The summed E-state index contributed by atoms with van der Waals surface area (Å²) in [4.78, 5) is 11.1. The number of Topliss-reactive ketones (excluding diaryl/α,β-unsaturated/α-hetero) is 1. The zero-order chi connectivity index (χ0) is 12.4. The molecule has 88 valence electrons. The van der Waals surface area contributed by atoms with Crippen LogP contribution in [-0.2, 0) is 11.2 Å². The standard InChI is InChI=1S/C14H13BrO2/c1-9(16)13(15)8-10-4-2-6-12-11(10)5-3-7-14(12)17/h2-7,13,17H,8H2,1H3. The Morgan fingerprint density at radius 2 is 1.88 bits per heavy atom. The summed E-state index contributed by atoms with van der Waals surface area (Å²) in [5.74, 6) is 0.389. The van der Waals surface area contributed by atoms with E-state index in [1.807, 2.05) is 30.3 Å². The first-order valence-corrected chi connectivity index (χ1v) is 6.35. The molecule has 0 bridgehead atoms. The van der Waals surface area contributed by atoms with Crippen molar-refractivity contribution in [2.75, 3.05) is 0 Å². The smallest absolute Gasteiger partial charge is 0.143 e. The topological polar surface area (TPSA) is 37.3 Å². The summed E-state index contributed by atoms with van der Waals surface area (Å²) in [7, 11) is 0. The van der Waals surface area contributed by atoms with E-state index >= 15 is 0 Å². The fraction of sp³-hybridized carbons (Fsp3) is 0.214. The molecule has 2 nitrogen and oxygen atoms in total. The summed E-state index contributed by atoms with van der Waals surface area (Å²) >= 11 is 3.37. The van der Waals surface area contributed by atoms with Crippen molar-refractivity contribution in [1.82, 2.24) is 0 Å². The fourth-order valence-corrected chi connectivity index (χ4v) is 2.22. The first kappa shape index (κ1) is 12.1. The average molecular weight is 293 g/mol. The largest absolute Gasteiger partial charge is 0.507 e. The third-order valence-corrected chi connectivity index (χ3v) is 3.80. The maximum atomic E-state index is 11.3. The fourth-order valence-electron chi connectivity index (χ4n) is 1.87. The zero-order valence-electron chi connectivity index (χ0n) is 9.48. The highest BCUT2D eigenvalue weighted by Gasteiger charge is 2.12. The average Bonchev–Trinajstić information content (AvgIpc) is 2.30. The summed E-state index contributed by atoms with van der Waals surface area (Å²) in [6.45, 7) is 1.57. The Bertz CT molecular complexity index is 563. The van der Waals surface area contributed by atoms with E-state index in [4.69, 9.17) is 0 Å². The van der Waals surface area contributed by atoms with Crippen molar-refractivity contribution >= 4 is 32.5 Å². The lowest BCUT2D eigenvalue weighted by molar-refractivity contribution is -0.116. The van der Waals surface area contributed by atoms with Gasteiger partial charge >= 0.3 is 0 Å². The van der Waals surface area contributed by atoms with Gasteiger partial charge < -0.3 is 5.11 Å². The van der Waals surface area contributed by atoms with Crippen LogP contribution < -0.4 is 0 Å². The van der Waals surface area contributed by atoms with Gasteiger partial charge in [-0.2, -0.15) is 0 Å². The van der Waals surface area contributed by atoms with Gasteiger partial charge in [0.25, 0.3) is 0 Å². The molecule has 2 rings (SSSR count). The highest BCUT2D eigenvalue weighted by atomic mass is 79.9. The molecule has 0 saturated carbocycles. The Morgan fingerprint density at radius 1 is 1.24 bits per heavy atom. The lowest BCUT2D eigenvalue weighted by Gasteiger charge is -2.10. The number of ketones is 1. The highest BCUT2D eigenvalue weighted by Crippen LogP contribution is 2.28. The Kier molecular flexibility index (Phi) is 3.48. The zero-order valence-corrected chi connectivity index (χ0v) is 11.1. The van der Waals surface area contributed by atoms with Gasteiger partial charge in [-0.05, 0) is 30.4 Å². The summed E-state index contributed by atoms with van der Waals surface area (Å²) in [5.41, 5.74) is 1.07. The summed E-state index contributed by atoms with van der Waals surface area (Å²) in [6, 6.07) is 11.2. The number of phenolic OH excluding ortho intramolecular Hbond substituents is 1. The minimum absolute atomic E-state index is 0.113. The molecule has 1 atom stereocenters. The second-order valence-electron chi connectivity index (χ2n) is 4.07. The second-order valence-corrected chi connectivity index (χ2v) is 5.18. The van der Waals surface area contributed by atoms with Gasteiger partial charge in [0, 0.05) is 5.39 Å². The van der Waals surface area contributed by atoms with E-state index in [0.29, 0.717) is 6.42 Å². The van der Waals surface area contributed by atoms with Gasteiger partial charge in [-0.1, -0.05) is 46.3 Å². The maximum Gasteiger partial charge on any atom is 0.143 e. The number of alkyl halides is 1. The van der Waals surface area contributed by atoms with E-state index in [-0.39, 0.29) is 16.4 Å². The van der Waals surface area contributed by atoms with Gasteiger partial charge in [0.15, 0.2) is 0 Å². The minimum atomic E-state index is -0.171. The normalized spacial score (nSPS) is 12.6. The summed E-state index contributed by atoms with van der Waals surface area (Å²) < 4.78 is 0. The van der Waals surface area contributed by atoms with Gasteiger partial charge in [-0.15, -0.1) is 0 Å². The van der Waals surface area contributed by atoms with Gasteiger partial charge in [0.1, 0.15) is 11.5 Å². The van der Waals surface area contributed by atoms with Gasteiger partial charge in [0.2, 0.25) is 0 Å². The van der Waals surface area contributed by atoms with Crippen LogP contribution in [0.4, 0.5) is 0 Å². The van der Waals surface area contributed by atoms with Crippen LogP contribution in [0, 0.1) is 0 Å². The SMILES string of the molecule is CC(=O)C(Br)Cc1cccc2c(O)cccc12. The van der Waals surface area contributed by atoms with Gasteiger partial charge in [0.05, 0.1) is 4.83 Å². The van der Waals surface area contributed by atoms with Crippen LogP contribution in [0.5, 0.6) is 5.75 Å². The van der Waals surface area contributed by atoms with Crippen LogP contribution in [0.2, 0.25) is 0 Å². The molecule has 0 amide bonds. The number of hydrogen-bond acceptors (Lipinski definition) is 2. The van der Waals surface area contributed by atoms with Crippen LogP contribution in [0.1, 0.15) is 12.5 Å². The van der Waals surface area contributed by atoms with E-state index in [1.165, 1.54) is 0 Å². The van der Waals surface area contributed by atoms with Gasteiger partial charge in [-0.25, -0.2) is 0 Å². The first-order chi connectivity index (χ1) is 8.09. The number of rotatable bonds is 3. The molecule has 0 saturated heterocycles. The molecule has 2 aromatic rings. The number of carbonyl (C=O) groups excluding carboxylic acids is 1. The molecule has 0 fully saturated rings. The number of halogens is 1. The maximum absolute atomic E-state index is 11.3. The predicted molar refractivity (Wildman–Crippen MR) is 72.7 cm³/mol. The Morgan fingerprint density at radius 3 is 2.59 bits per heavy atom. The molecule has 0 spiro atoms. The molecule has 3 heteroatoms. The van der Waals surface area contributed by atoms with Gasteiger partial charge in [-0.3, -0.25) is 4.79 Å². The van der Waals surface area contributed by atoms with Crippen LogP contribution in [0.25, 0.3) is 10.8 Å². The Hall–Kier alpha value is -1.35. The van der Waals surface area contributed by atoms with Crippen molar-refractivity contribution in [2.45, 2.75) is 18.2 Å². The Balaban J connectivity index is 2.48. The molecule has 0 radical (unpaired) electrons. The molecule has 0 aliphatic heterocycles. The molecular formula is C14H13BrO2. The molecule has 17 heavy (non-hydrogen) atoms. The molecule has 2 aromatic carbocycles. The molecule has 0 heterocycles. The third kappa shape index (κ3) is 2.50. The van der Waals surface area contributed by atoms with Crippen molar-refractivity contribution < 1.29 is 9.90 Å². The molecule has 0 aliphatic carbocycles. The number of aromatic hydroxyl groups is 1. The molecule has 0 aliphatic rings. The number of phenols is 1.